The van der Waals surface area contributed by atoms with Crippen molar-refractivity contribution in [1.29, 1.82) is 0 Å². The topological polar surface area (TPSA) is 43.8 Å². The zero-order valence-corrected chi connectivity index (χ0v) is 10.6. The Labute approximate surface area is 116 Å². The zero-order chi connectivity index (χ0) is 15.4. The fourth-order valence-electron chi connectivity index (χ4n) is 2.17. The summed E-state index contributed by atoms with van der Waals surface area (Å²) in [7, 11) is 0. The summed E-state index contributed by atoms with van der Waals surface area (Å²) in [6.07, 6.45) is -3.34. The molecule has 0 spiro atoms. The number of nitrogens with two attached hydrogens (primary N) is 1. The zero-order valence-electron chi connectivity index (χ0n) is 10.6. The van der Waals surface area contributed by atoms with Crippen LogP contribution in [-0.2, 0) is 6.18 Å². The molecule has 1 heterocycles. The predicted octanol–water partition coefficient (Wildman–Crippen LogP) is 3.63. The summed E-state index contributed by atoms with van der Waals surface area (Å²) in [5.74, 6) is -2.26. The van der Waals surface area contributed by atoms with Crippen LogP contribution in [-0.4, -0.2) is 9.78 Å². The van der Waals surface area contributed by atoms with Crippen LogP contribution < -0.4 is 5.73 Å². The molecule has 21 heavy (non-hydrogen) atoms. The molecule has 1 aliphatic rings. The highest BCUT2D eigenvalue weighted by molar-refractivity contribution is 5.48. The van der Waals surface area contributed by atoms with Gasteiger partial charge in [0.05, 0.1) is 0 Å². The predicted molar refractivity (Wildman–Crippen MR) is 64.9 cm³/mol. The largest absolute Gasteiger partial charge is 0.435 e. The van der Waals surface area contributed by atoms with Crippen LogP contribution in [0.3, 0.4) is 0 Å². The number of benzene rings is 1. The molecule has 1 aromatic carbocycles. The number of hydrogen-bond acceptors (Lipinski definition) is 2. The first-order valence-electron chi connectivity index (χ1n) is 6.19. The van der Waals surface area contributed by atoms with E-state index in [4.69, 9.17) is 5.73 Å². The number of anilines is 1. The van der Waals surface area contributed by atoms with Crippen molar-refractivity contribution in [2.45, 2.75) is 24.9 Å². The first kappa shape index (κ1) is 13.8. The van der Waals surface area contributed by atoms with E-state index < -0.39 is 29.2 Å². The maximum absolute atomic E-state index is 13.9. The molecule has 0 aliphatic heterocycles. The maximum Gasteiger partial charge on any atom is 0.435 e. The lowest BCUT2D eigenvalue weighted by atomic mass is 10.2. The molecule has 3 rings (SSSR count). The van der Waals surface area contributed by atoms with Gasteiger partial charge in [-0.25, -0.2) is 13.5 Å². The smallest absolute Gasteiger partial charge is 0.399 e. The maximum atomic E-state index is 13.9. The third-order valence-electron chi connectivity index (χ3n) is 3.27. The van der Waals surface area contributed by atoms with E-state index >= 15 is 0 Å². The van der Waals surface area contributed by atoms with Crippen molar-refractivity contribution in [3.8, 4) is 5.69 Å². The Kier molecular flexibility index (Phi) is 2.93. The molecule has 2 N–H and O–H groups in total. The molecule has 1 aromatic heterocycles. The van der Waals surface area contributed by atoms with Gasteiger partial charge in [0.2, 0.25) is 0 Å². The Morgan fingerprint density at radius 1 is 1.10 bits per heavy atom. The summed E-state index contributed by atoms with van der Waals surface area (Å²) in [5, 5.41) is 3.34. The minimum absolute atomic E-state index is 0.148. The first-order chi connectivity index (χ1) is 9.77. The molecule has 2 aromatic rings. The monoisotopic (exact) mass is 303 g/mol. The van der Waals surface area contributed by atoms with E-state index in [-0.39, 0.29) is 17.3 Å². The Hall–Kier alpha value is -2.12. The Balaban J connectivity index is 2.20. The minimum atomic E-state index is -4.67. The van der Waals surface area contributed by atoms with E-state index in [9.17, 15) is 22.0 Å². The third kappa shape index (κ3) is 2.45. The van der Waals surface area contributed by atoms with Crippen LogP contribution in [0.5, 0.6) is 0 Å². The summed E-state index contributed by atoms with van der Waals surface area (Å²) < 4.78 is 66.8. The third-order valence-corrected chi connectivity index (χ3v) is 3.27. The highest BCUT2D eigenvalue weighted by Crippen LogP contribution is 2.43. The molecule has 0 amide bonds. The van der Waals surface area contributed by atoms with Gasteiger partial charge in [0.25, 0.3) is 0 Å². The lowest BCUT2D eigenvalue weighted by molar-refractivity contribution is -0.141. The second-order valence-corrected chi connectivity index (χ2v) is 4.97. The van der Waals surface area contributed by atoms with Gasteiger partial charge < -0.3 is 5.73 Å². The van der Waals surface area contributed by atoms with Gasteiger partial charge >= 0.3 is 6.18 Å². The van der Waals surface area contributed by atoms with E-state index in [1.807, 2.05) is 0 Å². The van der Waals surface area contributed by atoms with Crippen molar-refractivity contribution < 1.29 is 22.0 Å². The summed E-state index contributed by atoms with van der Waals surface area (Å²) in [6, 6.07) is 2.54. The van der Waals surface area contributed by atoms with Crippen LogP contribution in [0.4, 0.5) is 27.6 Å². The van der Waals surface area contributed by atoms with Crippen molar-refractivity contribution in [2.24, 2.45) is 0 Å². The quantitative estimate of drug-likeness (QED) is 0.680. The molecule has 1 fully saturated rings. The summed E-state index contributed by atoms with van der Waals surface area (Å²) in [4.78, 5) is 0. The first-order valence-corrected chi connectivity index (χ1v) is 6.19. The molecular weight excluding hydrogens is 293 g/mol. The minimum Gasteiger partial charge on any atom is -0.399 e. The van der Waals surface area contributed by atoms with Crippen LogP contribution in [0.1, 0.15) is 30.1 Å². The molecule has 1 saturated carbocycles. The van der Waals surface area contributed by atoms with E-state index in [1.165, 1.54) is 0 Å². The van der Waals surface area contributed by atoms with Crippen LogP contribution in [0.15, 0.2) is 18.2 Å². The second-order valence-electron chi connectivity index (χ2n) is 4.97. The van der Waals surface area contributed by atoms with E-state index in [1.54, 1.807) is 0 Å². The SMILES string of the molecule is Nc1cc(F)c(-n2nc(C(F)(F)F)cc2C2CC2)c(F)c1. The number of nitrogen functional groups attached to an aromatic ring is 1. The van der Waals surface area contributed by atoms with E-state index in [2.05, 4.69) is 5.10 Å². The lowest BCUT2D eigenvalue weighted by Gasteiger charge is -2.10. The van der Waals surface area contributed by atoms with Gasteiger partial charge in [-0.3, -0.25) is 0 Å². The number of nitrogens with zero attached hydrogens (tertiary/aromatic N) is 2. The Morgan fingerprint density at radius 3 is 2.14 bits per heavy atom. The van der Waals surface area contributed by atoms with Crippen molar-refractivity contribution in [3.05, 3.63) is 41.2 Å². The molecule has 0 bridgehead atoms. The Morgan fingerprint density at radius 2 is 1.67 bits per heavy atom. The summed E-state index contributed by atoms with van der Waals surface area (Å²) >= 11 is 0. The highest BCUT2D eigenvalue weighted by atomic mass is 19.4. The number of hydrogen-bond donors (Lipinski definition) is 1. The standard InChI is InChI=1S/C13H10F5N3/c14-8-3-7(19)4-9(15)12(8)21-10(6-1-2-6)5-11(20-21)13(16,17)18/h3-6H,1-2,19H2. The fraction of sp³-hybridized carbons (Fsp3) is 0.308. The molecule has 0 radical (unpaired) electrons. The van der Waals surface area contributed by atoms with Gasteiger partial charge in [-0.05, 0) is 31.0 Å². The van der Waals surface area contributed by atoms with E-state index in [0.717, 1.165) is 18.2 Å². The summed E-state index contributed by atoms with van der Waals surface area (Å²) in [6.45, 7) is 0. The molecule has 0 unspecified atom stereocenters. The molecule has 3 nitrogen and oxygen atoms in total. The van der Waals surface area contributed by atoms with Gasteiger partial charge in [0, 0.05) is 17.3 Å². The van der Waals surface area contributed by atoms with Crippen molar-refractivity contribution >= 4 is 5.69 Å². The number of halogens is 5. The van der Waals surface area contributed by atoms with Gasteiger partial charge in [0.1, 0.15) is 5.69 Å². The molecule has 112 valence electrons. The van der Waals surface area contributed by atoms with Crippen molar-refractivity contribution in [3.63, 3.8) is 0 Å². The van der Waals surface area contributed by atoms with Crippen molar-refractivity contribution in [2.75, 3.05) is 5.73 Å². The molecule has 0 saturated heterocycles. The van der Waals surface area contributed by atoms with Gasteiger partial charge in [0.15, 0.2) is 17.3 Å². The molecule has 0 atom stereocenters. The van der Waals surface area contributed by atoms with Crippen molar-refractivity contribution in [1.82, 2.24) is 9.78 Å². The van der Waals surface area contributed by atoms with Gasteiger partial charge in [-0.15, -0.1) is 0 Å². The fourth-order valence-corrected chi connectivity index (χ4v) is 2.17. The second kappa shape index (κ2) is 4.44. The summed E-state index contributed by atoms with van der Waals surface area (Å²) in [5.41, 5.74) is 3.51. The van der Waals surface area contributed by atoms with Gasteiger partial charge in [-0.1, -0.05) is 0 Å². The van der Waals surface area contributed by atoms with E-state index in [0.29, 0.717) is 17.5 Å². The Bertz CT molecular complexity index is 677. The van der Waals surface area contributed by atoms with Crippen LogP contribution >= 0.6 is 0 Å². The average molecular weight is 303 g/mol. The molecular formula is C13H10F5N3. The van der Waals surface area contributed by atoms with Gasteiger partial charge in [-0.2, -0.15) is 18.3 Å². The highest BCUT2D eigenvalue weighted by Gasteiger charge is 2.38. The van der Waals surface area contributed by atoms with Crippen LogP contribution in [0, 0.1) is 11.6 Å². The van der Waals surface area contributed by atoms with Crippen LogP contribution in [0.25, 0.3) is 5.69 Å². The number of alkyl halides is 3. The normalized spacial score (nSPS) is 15.5. The number of aromatic nitrogens is 2. The molecule has 1 aliphatic carbocycles. The lowest BCUT2D eigenvalue weighted by Crippen LogP contribution is -2.10. The number of rotatable bonds is 2. The average Bonchev–Trinajstić information content (AvgIpc) is 3.07. The molecule has 8 heteroatoms. The van der Waals surface area contributed by atoms with Crippen LogP contribution in [0.2, 0.25) is 0 Å².